The van der Waals surface area contributed by atoms with Crippen LogP contribution in [0.3, 0.4) is 0 Å². The first-order chi connectivity index (χ1) is 7.43. The summed E-state index contributed by atoms with van der Waals surface area (Å²) in [5.41, 5.74) is 5.85. The van der Waals surface area contributed by atoms with Gasteiger partial charge in [-0.25, -0.2) is 9.97 Å². The SMILES string of the molecule is C1=CC=CC=1c1ccc2cccnc2n1. The van der Waals surface area contributed by atoms with Crippen molar-refractivity contribution in [1.82, 2.24) is 9.97 Å². The van der Waals surface area contributed by atoms with Crippen molar-refractivity contribution in [1.29, 1.82) is 0 Å². The Balaban J connectivity index is 2.22. The fraction of sp³-hybridized carbons (Fsp3) is 0. The van der Waals surface area contributed by atoms with Gasteiger partial charge in [0.05, 0.1) is 5.69 Å². The van der Waals surface area contributed by atoms with Crippen LogP contribution in [0.5, 0.6) is 0 Å². The van der Waals surface area contributed by atoms with Gasteiger partial charge in [-0.1, -0.05) is 6.08 Å². The van der Waals surface area contributed by atoms with E-state index in [9.17, 15) is 0 Å². The lowest BCUT2D eigenvalue weighted by atomic mass is 10.2. The molecule has 70 valence electrons. The monoisotopic (exact) mass is 192 g/mol. The number of nitrogens with zero attached hydrogens (tertiary/aromatic N) is 2. The minimum atomic E-state index is 0.782. The molecule has 0 saturated heterocycles. The highest BCUT2D eigenvalue weighted by Gasteiger charge is 2.02. The second-order valence-corrected chi connectivity index (χ2v) is 3.33. The molecule has 0 atom stereocenters. The largest absolute Gasteiger partial charge is 0.237 e. The van der Waals surface area contributed by atoms with E-state index in [2.05, 4.69) is 15.7 Å². The number of hydrogen-bond donors (Lipinski definition) is 0. The molecule has 3 rings (SSSR count). The third kappa shape index (κ3) is 1.37. The van der Waals surface area contributed by atoms with E-state index in [1.54, 1.807) is 6.20 Å². The normalized spacial score (nSPS) is 13.5. The Bertz CT molecular complexity index is 617. The molecule has 0 aliphatic heterocycles. The van der Waals surface area contributed by atoms with Crippen molar-refractivity contribution in [2.45, 2.75) is 0 Å². The minimum absolute atomic E-state index is 0.782. The second kappa shape index (κ2) is 3.19. The van der Waals surface area contributed by atoms with Gasteiger partial charge in [-0.3, -0.25) is 0 Å². The lowest BCUT2D eigenvalue weighted by Crippen LogP contribution is -1.88. The van der Waals surface area contributed by atoms with E-state index in [1.165, 1.54) is 0 Å². The van der Waals surface area contributed by atoms with Crippen molar-refractivity contribution in [3.05, 3.63) is 60.1 Å². The number of fused-ring (bicyclic) bond motifs is 1. The topological polar surface area (TPSA) is 25.8 Å². The molecule has 0 saturated carbocycles. The second-order valence-electron chi connectivity index (χ2n) is 3.33. The van der Waals surface area contributed by atoms with Crippen molar-refractivity contribution in [3.8, 4) is 0 Å². The van der Waals surface area contributed by atoms with Crippen molar-refractivity contribution >= 4 is 16.6 Å². The predicted octanol–water partition coefficient (Wildman–Crippen LogP) is 2.74. The van der Waals surface area contributed by atoms with Gasteiger partial charge in [-0.05, 0) is 36.4 Å². The van der Waals surface area contributed by atoms with E-state index >= 15 is 0 Å². The number of allylic oxidation sites excluding steroid dienone is 3. The fourth-order valence-electron chi connectivity index (χ4n) is 1.59. The van der Waals surface area contributed by atoms with E-state index in [4.69, 9.17) is 0 Å². The first kappa shape index (κ1) is 8.16. The lowest BCUT2D eigenvalue weighted by molar-refractivity contribution is 1.26. The van der Waals surface area contributed by atoms with Crippen molar-refractivity contribution in [2.24, 2.45) is 0 Å². The molecule has 2 heterocycles. The van der Waals surface area contributed by atoms with Gasteiger partial charge >= 0.3 is 0 Å². The zero-order chi connectivity index (χ0) is 10.1. The first-order valence-electron chi connectivity index (χ1n) is 4.79. The summed E-state index contributed by atoms with van der Waals surface area (Å²) in [6.07, 6.45) is 7.60. The van der Waals surface area contributed by atoms with Gasteiger partial charge in [0, 0.05) is 17.2 Å². The molecule has 0 radical (unpaired) electrons. The zero-order valence-electron chi connectivity index (χ0n) is 8.01. The molecular weight excluding hydrogens is 184 g/mol. The predicted molar refractivity (Wildman–Crippen MR) is 60.2 cm³/mol. The van der Waals surface area contributed by atoms with Crippen LogP contribution in [0.1, 0.15) is 5.69 Å². The van der Waals surface area contributed by atoms with Gasteiger partial charge < -0.3 is 0 Å². The Morgan fingerprint density at radius 2 is 2.13 bits per heavy atom. The molecule has 0 N–H and O–H groups in total. The van der Waals surface area contributed by atoms with Crippen LogP contribution in [0.15, 0.2) is 54.4 Å². The number of rotatable bonds is 1. The zero-order valence-corrected chi connectivity index (χ0v) is 8.01. The molecule has 15 heavy (non-hydrogen) atoms. The van der Waals surface area contributed by atoms with Gasteiger partial charge in [-0.2, -0.15) is 0 Å². The summed E-state index contributed by atoms with van der Waals surface area (Å²) in [6.45, 7) is 0. The molecule has 0 bridgehead atoms. The summed E-state index contributed by atoms with van der Waals surface area (Å²) in [7, 11) is 0. The molecule has 2 nitrogen and oxygen atoms in total. The maximum atomic E-state index is 4.48. The van der Waals surface area contributed by atoms with Crippen LogP contribution >= 0.6 is 0 Å². The highest BCUT2D eigenvalue weighted by atomic mass is 14.8. The maximum Gasteiger partial charge on any atom is 0.159 e. The Morgan fingerprint density at radius 1 is 1.13 bits per heavy atom. The van der Waals surface area contributed by atoms with E-state index in [0.29, 0.717) is 0 Å². The molecule has 0 fully saturated rings. The van der Waals surface area contributed by atoms with Crippen LogP contribution in [0.4, 0.5) is 0 Å². The van der Waals surface area contributed by atoms with Gasteiger partial charge in [-0.15, -0.1) is 5.73 Å². The number of pyridine rings is 2. The van der Waals surface area contributed by atoms with Crippen molar-refractivity contribution < 1.29 is 0 Å². The van der Waals surface area contributed by atoms with Crippen LogP contribution in [-0.2, 0) is 0 Å². The van der Waals surface area contributed by atoms with Crippen LogP contribution in [0.25, 0.3) is 16.6 Å². The summed E-state index contributed by atoms with van der Waals surface area (Å²) >= 11 is 0. The molecule has 2 heteroatoms. The summed E-state index contributed by atoms with van der Waals surface area (Å²) in [5, 5.41) is 1.06. The Morgan fingerprint density at radius 3 is 3.00 bits per heavy atom. The third-order valence-electron chi connectivity index (χ3n) is 2.34. The number of aromatic nitrogens is 2. The van der Waals surface area contributed by atoms with E-state index < -0.39 is 0 Å². The molecule has 0 unspecified atom stereocenters. The smallest absolute Gasteiger partial charge is 0.159 e. The highest BCUT2D eigenvalue weighted by Crippen LogP contribution is 2.18. The van der Waals surface area contributed by atoms with Crippen LogP contribution in [0, 0.1) is 0 Å². The van der Waals surface area contributed by atoms with Gasteiger partial charge in [0.1, 0.15) is 0 Å². The molecule has 2 aromatic rings. The van der Waals surface area contributed by atoms with Crippen molar-refractivity contribution in [2.75, 3.05) is 0 Å². The van der Waals surface area contributed by atoms with Gasteiger partial charge in [0.2, 0.25) is 0 Å². The van der Waals surface area contributed by atoms with Crippen LogP contribution in [-0.4, -0.2) is 9.97 Å². The summed E-state index contributed by atoms with van der Waals surface area (Å²) in [5.74, 6) is 0. The summed E-state index contributed by atoms with van der Waals surface area (Å²) in [4.78, 5) is 8.70. The highest BCUT2D eigenvalue weighted by molar-refractivity contribution is 5.80. The first-order valence-corrected chi connectivity index (χ1v) is 4.79. The maximum absolute atomic E-state index is 4.48. The summed E-state index contributed by atoms with van der Waals surface area (Å²) in [6, 6.07) is 7.95. The molecule has 2 aromatic heterocycles. The molecule has 0 aromatic carbocycles. The molecule has 0 spiro atoms. The Kier molecular flexibility index (Phi) is 1.74. The standard InChI is InChI=1S/C13H8N2/c1-2-5-10(4-1)12-8-7-11-6-3-9-14-13(11)15-12/h1-4,6-9H. The molecule has 1 aliphatic rings. The van der Waals surface area contributed by atoms with Crippen LogP contribution in [0.2, 0.25) is 0 Å². The quantitative estimate of drug-likeness (QED) is 0.649. The third-order valence-corrected chi connectivity index (χ3v) is 2.34. The lowest BCUT2D eigenvalue weighted by Gasteiger charge is -1.99. The van der Waals surface area contributed by atoms with Gasteiger partial charge in [0.15, 0.2) is 5.65 Å². The summed E-state index contributed by atoms with van der Waals surface area (Å²) < 4.78 is 0. The average molecular weight is 192 g/mol. The van der Waals surface area contributed by atoms with E-state index in [1.807, 2.05) is 42.5 Å². The van der Waals surface area contributed by atoms with Crippen molar-refractivity contribution in [3.63, 3.8) is 0 Å². The average Bonchev–Trinajstić information content (AvgIpc) is 2.82. The van der Waals surface area contributed by atoms with Crippen LogP contribution < -0.4 is 0 Å². The van der Waals surface area contributed by atoms with E-state index in [0.717, 1.165) is 22.3 Å². The molecule has 0 amide bonds. The van der Waals surface area contributed by atoms with E-state index in [-0.39, 0.29) is 0 Å². The Hall–Kier alpha value is -2.18. The number of hydrogen-bond acceptors (Lipinski definition) is 2. The molecular formula is C13H8N2. The van der Waals surface area contributed by atoms with Gasteiger partial charge in [0.25, 0.3) is 0 Å². The molecule has 1 aliphatic carbocycles. The minimum Gasteiger partial charge on any atom is -0.237 e. The fourth-order valence-corrected chi connectivity index (χ4v) is 1.59. The Labute approximate surface area is 87.3 Å².